The molecule has 1 heterocycles. The lowest BCUT2D eigenvalue weighted by Gasteiger charge is -2.19. The third-order valence-corrected chi connectivity index (χ3v) is 4.26. The van der Waals surface area contributed by atoms with Crippen molar-refractivity contribution in [2.75, 3.05) is 5.32 Å². The molecular formula is C18H17N3OS. The summed E-state index contributed by atoms with van der Waals surface area (Å²) in [7, 11) is 0. The van der Waals surface area contributed by atoms with Crippen LogP contribution in [0.3, 0.4) is 0 Å². The maximum Gasteiger partial charge on any atom is 0.321 e. The third-order valence-electron chi connectivity index (χ3n) is 3.38. The zero-order valence-corrected chi connectivity index (χ0v) is 13.5. The number of nitrogens with zero attached hydrogens (tertiary/aromatic N) is 1. The number of carbonyl (C=O) groups is 1. The third kappa shape index (κ3) is 3.96. The van der Waals surface area contributed by atoms with Gasteiger partial charge >= 0.3 is 6.03 Å². The Hall–Kier alpha value is -2.66. The molecule has 0 bridgehead atoms. The molecule has 0 aliphatic rings. The number of amides is 2. The quantitative estimate of drug-likeness (QED) is 0.749. The summed E-state index contributed by atoms with van der Waals surface area (Å²) in [4.78, 5) is 16.6. The number of hydrogen-bond donors (Lipinski definition) is 2. The highest BCUT2D eigenvalue weighted by Crippen LogP contribution is 2.22. The average Bonchev–Trinajstić information content (AvgIpc) is 2.99. The Kier molecular flexibility index (Phi) is 4.68. The molecule has 0 atom stereocenters. The molecule has 5 heteroatoms. The van der Waals surface area contributed by atoms with E-state index in [4.69, 9.17) is 0 Å². The molecule has 3 aromatic rings. The summed E-state index contributed by atoms with van der Waals surface area (Å²) in [6, 6.07) is 19.3. The van der Waals surface area contributed by atoms with Crippen LogP contribution >= 0.6 is 11.3 Å². The van der Waals surface area contributed by atoms with Crippen LogP contribution in [-0.4, -0.2) is 11.0 Å². The summed E-state index contributed by atoms with van der Waals surface area (Å²) >= 11 is 1.41. The zero-order chi connectivity index (χ0) is 16.1. The second kappa shape index (κ2) is 7.07. The van der Waals surface area contributed by atoms with Crippen LogP contribution in [0.5, 0.6) is 0 Å². The highest BCUT2D eigenvalue weighted by atomic mass is 32.1. The molecule has 0 fully saturated rings. The Labute approximate surface area is 139 Å². The van der Waals surface area contributed by atoms with Gasteiger partial charge in [0.15, 0.2) is 5.13 Å². The molecule has 2 aromatic carbocycles. The van der Waals surface area contributed by atoms with Crippen molar-refractivity contribution in [3.63, 3.8) is 0 Å². The van der Waals surface area contributed by atoms with Crippen LogP contribution < -0.4 is 10.6 Å². The highest BCUT2D eigenvalue weighted by molar-refractivity contribution is 7.13. The van der Waals surface area contributed by atoms with Crippen LogP contribution in [0.2, 0.25) is 0 Å². The number of nitrogens with one attached hydrogen (secondary N) is 2. The van der Waals surface area contributed by atoms with Crippen molar-refractivity contribution >= 4 is 22.5 Å². The fourth-order valence-corrected chi connectivity index (χ4v) is 3.01. The predicted octanol–water partition coefficient (Wildman–Crippen LogP) is 4.36. The van der Waals surface area contributed by atoms with E-state index in [1.807, 2.05) is 73.0 Å². The molecular weight excluding hydrogens is 306 g/mol. The van der Waals surface area contributed by atoms with Gasteiger partial charge in [0.25, 0.3) is 0 Å². The fraction of sp³-hybridized carbons (Fsp3) is 0.111. The number of urea groups is 1. The van der Waals surface area contributed by atoms with E-state index in [2.05, 4.69) is 15.6 Å². The molecule has 0 unspecified atom stereocenters. The van der Waals surface area contributed by atoms with Gasteiger partial charge in [-0.15, -0.1) is 11.3 Å². The van der Waals surface area contributed by atoms with Gasteiger partial charge in [-0.3, -0.25) is 5.32 Å². The molecule has 2 amide bonds. The molecule has 1 aromatic heterocycles. The normalized spacial score (nSPS) is 10.5. The van der Waals surface area contributed by atoms with Gasteiger partial charge in [0, 0.05) is 5.38 Å². The lowest BCUT2D eigenvalue weighted by Crippen LogP contribution is -2.33. The van der Waals surface area contributed by atoms with Gasteiger partial charge in [0.1, 0.15) is 0 Å². The van der Waals surface area contributed by atoms with Crippen molar-refractivity contribution < 1.29 is 4.79 Å². The number of anilines is 1. The van der Waals surface area contributed by atoms with Crippen molar-refractivity contribution in [2.45, 2.75) is 13.0 Å². The number of carbonyl (C=O) groups excluding carboxylic acids is 1. The van der Waals surface area contributed by atoms with Gasteiger partial charge in [-0.2, -0.15) is 0 Å². The minimum atomic E-state index is -0.267. The van der Waals surface area contributed by atoms with Gasteiger partial charge in [-0.25, -0.2) is 9.78 Å². The Balaban J connectivity index is 1.80. The van der Waals surface area contributed by atoms with Crippen LogP contribution in [0.4, 0.5) is 9.93 Å². The van der Waals surface area contributed by atoms with Crippen molar-refractivity contribution in [2.24, 2.45) is 0 Å². The van der Waals surface area contributed by atoms with Crippen LogP contribution in [0.15, 0.2) is 66.0 Å². The monoisotopic (exact) mass is 323 g/mol. The van der Waals surface area contributed by atoms with Crippen molar-refractivity contribution in [1.29, 1.82) is 0 Å². The first-order valence-electron chi connectivity index (χ1n) is 7.32. The van der Waals surface area contributed by atoms with E-state index in [9.17, 15) is 4.79 Å². The first-order chi connectivity index (χ1) is 11.2. The number of thiazole rings is 1. The largest absolute Gasteiger partial charge is 0.327 e. The maximum absolute atomic E-state index is 12.3. The van der Waals surface area contributed by atoms with Gasteiger partial charge in [0.05, 0.1) is 11.7 Å². The Morgan fingerprint density at radius 3 is 2.04 bits per heavy atom. The summed E-state index contributed by atoms with van der Waals surface area (Å²) in [5, 5.41) is 8.32. The summed E-state index contributed by atoms with van der Waals surface area (Å²) < 4.78 is 0. The SMILES string of the molecule is Cc1csc(NC(=O)NC(c2ccccc2)c2ccccc2)n1. The van der Waals surface area contributed by atoms with E-state index in [1.165, 1.54) is 11.3 Å². The van der Waals surface area contributed by atoms with Crippen LogP contribution in [-0.2, 0) is 0 Å². The summed E-state index contributed by atoms with van der Waals surface area (Å²) in [6.07, 6.45) is 0. The number of benzene rings is 2. The zero-order valence-electron chi connectivity index (χ0n) is 12.7. The molecule has 116 valence electrons. The number of rotatable bonds is 4. The number of aromatic nitrogens is 1. The minimum absolute atomic E-state index is 0.210. The summed E-state index contributed by atoms with van der Waals surface area (Å²) in [5.74, 6) is 0. The van der Waals surface area contributed by atoms with E-state index in [1.54, 1.807) is 0 Å². The Morgan fingerprint density at radius 1 is 1.00 bits per heavy atom. The number of hydrogen-bond acceptors (Lipinski definition) is 3. The minimum Gasteiger partial charge on any atom is -0.327 e. The predicted molar refractivity (Wildman–Crippen MR) is 93.7 cm³/mol. The molecule has 0 aliphatic carbocycles. The van der Waals surface area contributed by atoms with E-state index in [0.29, 0.717) is 5.13 Å². The van der Waals surface area contributed by atoms with Crippen LogP contribution in [0.25, 0.3) is 0 Å². The van der Waals surface area contributed by atoms with Crippen LogP contribution in [0.1, 0.15) is 22.9 Å². The maximum atomic E-state index is 12.3. The average molecular weight is 323 g/mol. The van der Waals surface area contributed by atoms with Gasteiger partial charge < -0.3 is 5.32 Å². The Morgan fingerprint density at radius 2 is 1.57 bits per heavy atom. The topological polar surface area (TPSA) is 54.0 Å². The van der Waals surface area contributed by atoms with E-state index in [-0.39, 0.29) is 12.1 Å². The molecule has 3 rings (SSSR count). The smallest absolute Gasteiger partial charge is 0.321 e. The molecule has 0 spiro atoms. The summed E-state index contributed by atoms with van der Waals surface area (Å²) in [5.41, 5.74) is 2.96. The van der Waals surface area contributed by atoms with Crippen molar-refractivity contribution in [3.8, 4) is 0 Å². The number of aryl methyl sites for hydroxylation is 1. The second-order valence-electron chi connectivity index (χ2n) is 5.15. The van der Waals surface area contributed by atoms with E-state index < -0.39 is 0 Å². The fourth-order valence-electron chi connectivity index (χ4n) is 2.33. The van der Waals surface area contributed by atoms with Crippen molar-refractivity contribution in [3.05, 3.63) is 82.9 Å². The molecule has 23 heavy (non-hydrogen) atoms. The highest BCUT2D eigenvalue weighted by Gasteiger charge is 2.17. The standard InChI is InChI=1S/C18H17N3OS/c1-13-12-23-18(19-13)21-17(22)20-16(14-8-4-2-5-9-14)15-10-6-3-7-11-15/h2-12,16H,1H3,(H2,19,20,21,22). The second-order valence-corrected chi connectivity index (χ2v) is 6.00. The lowest BCUT2D eigenvalue weighted by atomic mass is 9.99. The van der Waals surface area contributed by atoms with Gasteiger partial charge in [0.2, 0.25) is 0 Å². The first-order valence-corrected chi connectivity index (χ1v) is 8.20. The molecule has 0 radical (unpaired) electrons. The van der Waals surface area contributed by atoms with E-state index in [0.717, 1.165) is 16.8 Å². The molecule has 0 saturated heterocycles. The summed E-state index contributed by atoms with van der Waals surface area (Å²) in [6.45, 7) is 1.90. The first kappa shape index (κ1) is 15.2. The van der Waals surface area contributed by atoms with Crippen molar-refractivity contribution in [1.82, 2.24) is 10.3 Å². The molecule has 0 aliphatic heterocycles. The molecule has 2 N–H and O–H groups in total. The molecule has 4 nitrogen and oxygen atoms in total. The van der Waals surface area contributed by atoms with Crippen LogP contribution in [0, 0.1) is 6.92 Å². The Bertz CT molecular complexity index is 732. The van der Waals surface area contributed by atoms with E-state index >= 15 is 0 Å². The molecule has 0 saturated carbocycles. The lowest BCUT2D eigenvalue weighted by molar-refractivity contribution is 0.250. The van der Waals surface area contributed by atoms with Gasteiger partial charge in [-0.1, -0.05) is 60.7 Å². The van der Waals surface area contributed by atoms with Gasteiger partial charge in [-0.05, 0) is 18.1 Å².